The first-order chi connectivity index (χ1) is 15.6. The van der Waals surface area contributed by atoms with Gasteiger partial charge in [0, 0.05) is 25.2 Å². The van der Waals surface area contributed by atoms with Crippen LogP contribution < -0.4 is 9.80 Å². The molecule has 1 amide bonds. The molecule has 0 bridgehead atoms. The number of amides is 1. The van der Waals surface area contributed by atoms with Crippen LogP contribution in [0.2, 0.25) is 5.02 Å². The van der Waals surface area contributed by atoms with Gasteiger partial charge in [0.05, 0.1) is 20.9 Å². The summed E-state index contributed by atoms with van der Waals surface area (Å²) in [5.74, 6) is 0.953. The van der Waals surface area contributed by atoms with E-state index in [9.17, 15) is 4.79 Å². The van der Waals surface area contributed by atoms with Gasteiger partial charge in [0.15, 0.2) is 5.13 Å². The fourth-order valence-corrected chi connectivity index (χ4v) is 5.28. The van der Waals surface area contributed by atoms with E-state index in [0.717, 1.165) is 58.3 Å². The van der Waals surface area contributed by atoms with Crippen molar-refractivity contribution in [1.29, 1.82) is 0 Å². The highest BCUT2D eigenvalue weighted by atomic mass is 35.5. The molecule has 0 atom stereocenters. The third-order valence-corrected chi connectivity index (χ3v) is 7.18. The number of hydrogen-bond acceptors (Lipinski definition) is 5. The van der Waals surface area contributed by atoms with Crippen LogP contribution in [0.3, 0.4) is 0 Å². The van der Waals surface area contributed by atoms with Gasteiger partial charge >= 0.3 is 0 Å². The minimum Gasteiger partial charge on any atom is -0.357 e. The Balaban J connectivity index is 1.42. The summed E-state index contributed by atoms with van der Waals surface area (Å²) in [4.78, 5) is 27.1. The van der Waals surface area contributed by atoms with Crippen molar-refractivity contribution < 1.29 is 4.79 Å². The number of piperidine rings is 1. The maximum atomic E-state index is 13.9. The molecular weight excluding hydrogens is 440 g/mol. The average Bonchev–Trinajstić information content (AvgIpc) is 3.25. The number of benzene rings is 2. The zero-order valence-electron chi connectivity index (χ0n) is 17.7. The van der Waals surface area contributed by atoms with Crippen LogP contribution in [0.25, 0.3) is 10.2 Å². The molecule has 2 aromatic carbocycles. The molecule has 0 N–H and O–H groups in total. The zero-order chi connectivity index (χ0) is 22.1. The first-order valence-corrected chi connectivity index (χ1v) is 11.9. The van der Waals surface area contributed by atoms with Crippen LogP contribution in [-0.2, 0) is 4.79 Å². The molecule has 5 nitrogen and oxygen atoms in total. The van der Waals surface area contributed by atoms with E-state index in [1.165, 1.54) is 0 Å². The van der Waals surface area contributed by atoms with Crippen molar-refractivity contribution in [3.05, 3.63) is 77.4 Å². The number of anilines is 3. The van der Waals surface area contributed by atoms with Crippen LogP contribution in [0.1, 0.15) is 18.4 Å². The second-order valence-corrected chi connectivity index (χ2v) is 9.47. The monoisotopic (exact) mass is 462 g/mol. The molecule has 7 heteroatoms. The summed E-state index contributed by atoms with van der Waals surface area (Å²) in [6.45, 7) is 3.61. The lowest BCUT2D eigenvalue weighted by atomic mass is 9.95. The van der Waals surface area contributed by atoms with Gasteiger partial charge in [-0.1, -0.05) is 53.3 Å². The Bertz CT molecular complexity index is 1220. The van der Waals surface area contributed by atoms with E-state index in [1.807, 2.05) is 66.4 Å². The molecule has 5 rings (SSSR count). The van der Waals surface area contributed by atoms with Crippen molar-refractivity contribution in [3.8, 4) is 0 Å². The number of halogens is 1. The maximum Gasteiger partial charge on any atom is 0.236 e. The van der Waals surface area contributed by atoms with Gasteiger partial charge in [0.25, 0.3) is 0 Å². The zero-order valence-corrected chi connectivity index (χ0v) is 19.3. The fourth-order valence-electron chi connectivity index (χ4n) is 4.18. The molecule has 1 aliphatic heterocycles. The number of carbonyl (C=O) groups is 1. The van der Waals surface area contributed by atoms with Crippen LogP contribution in [0.15, 0.2) is 66.9 Å². The summed E-state index contributed by atoms with van der Waals surface area (Å²) in [5, 5.41) is 1.36. The third-order valence-electron chi connectivity index (χ3n) is 5.93. The summed E-state index contributed by atoms with van der Waals surface area (Å²) in [7, 11) is 0. The van der Waals surface area contributed by atoms with E-state index in [0.29, 0.717) is 5.02 Å². The second kappa shape index (κ2) is 8.88. The normalized spacial score (nSPS) is 14.6. The number of pyridine rings is 1. The number of nitrogens with zero attached hydrogens (tertiary/aromatic N) is 4. The van der Waals surface area contributed by atoms with Gasteiger partial charge in [-0.2, -0.15) is 0 Å². The van der Waals surface area contributed by atoms with Crippen LogP contribution in [0.5, 0.6) is 0 Å². The molecule has 162 valence electrons. The Labute approximate surface area is 196 Å². The lowest BCUT2D eigenvalue weighted by molar-refractivity contribution is -0.122. The quantitative estimate of drug-likeness (QED) is 0.360. The lowest BCUT2D eigenvalue weighted by Gasteiger charge is -2.34. The number of thiazole rings is 1. The number of para-hydroxylation sites is 2. The van der Waals surface area contributed by atoms with E-state index in [4.69, 9.17) is 16.6 Å². The molecule has 3 heterocycles. The molecule has 0 saturated carbocycles. The Morgan fingerprint density at radius 2 is 1.81 bits per heavy atom. The van der Waals surface area contributed by atoms with E-state index in [1.54, 1.807) is 17.5 Å². The van der Waals surface area contributed by atoms with Crippen LogP contribution in [-0.4, -0.2) is 29.0 Å². The molecule has 32 heavy (non-hydrogen) atoms. The SMILES string of the molecule is Cc1ccccc1N(C(=O)C1CCN(c2ccc(Cl)cn2)CC1)c1nc2ccccc2s1. The second-order valence-electron chi connectivity index (χ2n) is 8.02. The standard InChI is InChI=1S/C25H23ClN4OS/c1-17-6-2-4-8-21(17)30(25-28-20-7-3-5-9-22(20)32-25)24(31)18-12-14-29(15-13-18)23-11-10-19(26)16-27-23/h2-11,16,18H,12-15H2,1H3. The molecule has 0 aliphatic carbocycles. The van der Waals surface area contributed by atoms with E-state index >= 15 is 0 Å². The molecule has 0 spiro atoms. The first-order valence-electron chi connectivity index (χ1n) is 10.7. The van der Waals surface area contributed by atoms with Crippen LogP contribution in [0.4, 0.5) is 16.6 Å². The summed E-state index contributed by atoms with van der Waals surface area (Å²) in [6, 6.07) is 19.8. The third kappa shape index (κ3) is 4.08. The van der Waals surface area contributed by atoms with Gasteiger partial charge in [-0.15, -0.1) is 0 Å². The Morgan fingerprint density at radius 1 is 1.06 bits per heavy atom. The minimum absolute atomic E-state index is 0.0647. The number of aromatic nitrogens is 2. The van der Waals surface area contributed by atoms with Crippen molar-refractivity contribution in [2.45, 2.75) is 19.8 Å². The van der Waals surface area contributed by atoms with E-state index in [-0.39, 0.29) is 11.8 Å². The van der Waals surface area contributed by atoms with Crippen molar-refractivity contribution >= 4 is 55.7 Å². The summed E-state index contributed by atoms with van der Waals surface area (Å²) < 4.78 is 1.08. The molecule has 4 aromatic rings. The first kappa shape index (κ1) is 20.9. The molecule has 2 aromatic heterocycles. The van der Waals surface area contributed by atoms with Crippen molar-refractivity contribution in [2.24, 2.45) is 5.92 Å². The number of carbonyl (C=O) groups excluding carboxylic acids is 1. The molecular formula is C25H23ClN4OS. The smallest absolute Gasteiger partial charge is 0.236 e. The Hall–Kier alpha value is -2.96. The average molecular weight is 463 g/mol. The topological polar surface area (TPSA) is 49.3 Å². The van der Waals surface area contributed by atoms with Gasteiger partial charge in [-0.05, 0) is 55.7 Å². The summed E-state index contributed by atoms with van der Waals surface area (Å²) >= 11 is 7.53. The number of fused-ring (bicyclic) bond motifs is 1. The Morgan fingerprint density at radius 3 is 2.53 bits per heavy atom. The highest BCUT2D eigenvalue weighted by Gasteiger charge is 2.32. The van der Waals surface area contributed by atoms with Gasteiger partial charge in [-0.25, -0.2) is 9.97 Å². The van der Waals surface area contributed by atoms with Crippen molar-refractivity contribution in [1.82, 2.24) is 9.97 Å². The fraction of sp³-hybridized carbons (Fsp3) is 0.240. The number of rotatable bonds is 4. The molecule has 0 unspecified atom stereocenters. The van der Waals surface area contributed by atoms with Crippen LogP contribution in [0, 0.1) is 12.8 Å². The van der Waals surface area contributed by atoms with Gasteiger partial charge in [0.1, 0.15) is 5.82 Å². The summed E-state index contributed by atoms with van der Waals surface area (Å²) in [5.41, 5.74) is 2.88. The van der Waals surface area contributed by atoms with Crippen molar-refractivity contribution in [2.75, 3.05) is 22.9 Å². The summed E-state index contributed by atoms with van der Waals surface area (Å²) in [6.07, 6.45) is 3.22. The van der Waals surface area contributed by atoms with E-state index < -0.39 is 0 Å². The highest BCUT2D eigenvalue weighted by molar-refractivity contribution is 7.22. The maximum absolute atomic E-state index is 13.9. The predicted molar refractivity (Wildman–Crippen MR) is 132 cm³/mol. The Kier molecular flexibility index (Phi) is 5.81. The highest BCUT2D eigenvalue weighted by Crippen LogP contribution is 2.37. The number of hydrogen-bond donors (Lipinski definition) is 0. The van der Waals surface area contributed by atoms with E-state index in [2.05, 4.69) is 16.0 Å². The minimum atomic E-state index is -0.0647. The van der Waals surface area contributed by atoms with Crippen molar-refractivity contribution in [3.63, 3.8) is 0 Å². The molecule has 1 saturated heterocycles. The lowest BCUT2D eigenvalue weighted by Crippen LogP contribution is -2.41. The van der Waals surface area contributed by atoms with Gasteiger partial charge in [0.2, 0.25) is 5.91 Å². The molecule has 1 aliphatic rings. The van der Waals surface area contributed by atoms with Gasteiger partial charge in [-0.3, -0.25) is 9.69 Å². The predicted octanol–water partition coefficient (Wildman–Crippen LogP) is 6.23. The largest absolute Gasteiger partial charge is 0.357 e. The molecule has 1 fully saturated rings. The van der Waals surface area contributed by atoms with Crippen LogP contribution >= 0.6 is 22.9 Å². The number of aryl methyl sites for hydroxylation is 1. The molecule has 0 radical (unpaired) electrons. The van der Waals surface area contributed by atoms with Gasteiger partial charge < -0.3 is 4.90 Å².